The lowest BCUT2D eigenvalue weighted by Crippen LogP contribution is -2.32. The number of ether oxygens (including phenoxy) is 1. The van der Waals surface area contributed by atoms with Gasteiger partial charge in [-0.15, -0.1) is 0 Å². The van der Waals surface area contributed by atoms with Crippen LogP contribution in [0.3, 0.4) is 0 Å². The van der Waals surface area contributed by atoms with E-state index in [0.29, 0.717) is 17.3 Å². The van der Waals surface area contributed by atoms with Gasteiger partial charge in [-0.05, 0) is 106 Å². The van der Waals surface area contributed by atoms with E-state index >= 15 is 0 Å². The maximum atomic E-state index is 7.16. The number of hydrogen-bond acceptors (Lipinski definition) is 1. The zero-order valence-corrected chi connectivity index (χ0v) is 27.7. The van der Waals surface area contributed by atoms with Gasteiger partial charge in [0.15, 0.2) is 6.20 Å². The van der Waals surface area contributed by atoms with Crippen LogP contribution in [0.4, 0.5) is 0 Å². The monoisotopic (exact) mass is 570 g/mol. The molecule has 1 fully saturated rings. The van der Waals surface area contributed by atoms with E-state index in [1.54, 1.807) is 0 Å². The second-order valence-electron chi connectivity index (χ2n) is 16.0. The van der Waals surface area contributed by atoms with E-state index in [1.165, 1.54) is 91.5 Å². The number of rotatable bonds is 3. The molecule has 1 aliphatic heterocycles. The Balaban J connectivity index is 1.49. The molecule has 0 atom stereocenters. The van der Waals surface area contributed by atoms with Crippen molar-refractivity contribution in [3.63, 3.8) is 0 Å². The summed E-state index contributed by atoms with van der Waals surface area (Å²) in [5, 5.41) is 7.83. The summed E-state index contributed by atoms with van der Waals surface area (Å²) in [6, 6.07) is 19.0. The first-order valence-electron chi connectivity index (χ1n) is 16.5. The van der Waals surface area contributed by atoms with Crippen molar-refractivity contribution in [2.24, 2.45) is 17.9 Å². The molecule has 0 spiro atoms. The van der Waals surface area contributed by atoms with Crippen LogP contribution in [0.2, 0.25) is 0 Å². The Morgan fingerprint density at radius 2 is 1.63 bits per heavy atom. The quantitative estimate of drug-likeness (QED) is 0.152. The summed E-state index contributed by atoms with van der Waals surface area (Å²) in [6.07, 6.45) is 8.39. The number of pyridine rings is 1. The van der Waals surface area contributed by atoms with Crippen molar-refractivity contribution in [2.45, 2.75) is 99.3 Å². The number of nitrogens with zero attached hydrogens (tertiary/aromatic N) is 1. The Morgan fingerprint density at radius 1 is 0.907 bits per heavy atom. The van der Waals surface area contributed by atoms with Crippen LogP contribution in [0.15, 0.2) is 54.7 Å². The van der Waals surface area contributed by atoms with Gasteiger partial charge in [0.25, 0.3) is 0 Å². The van der Waals surface area contributed by atoms with Gasteiger partial charge < -0.3 is 4.74 Å². The predicted octanol–water partition coefficient (Wildman–Crippen LogP) is 11.4. The van der Waals surface area contributed by atoms with Crippen LogP contribution < -0.4 is 9.30 Å². The second kappa shape index (κ2) is 9.81. The molecule has 0 amide bonds. The lowest BCUT2D eigenvalue weighted by atomic mass is 9.71. The van der Waals surface area contributed by atoms with Gasteiger partial charge in [0.2, 0.25) is 5.69 Å². The Bertz CT molecular complexity index is 1920. The number of aryl methyl sites for hydroxylation is 2. The van der Waals surface area contributed by atoms with Crippen LogP contribution >= 0.6 is 0 Å². The molecule has 0 N–H and O–H groups in total. The number of fused-ring (bicyclic) bond motifs is 5. The molecule has 2 heteroatoms. The smallest absolute Gasteiger partial charge is 0.228 e. The van der Waals surface area contributed by atoms with E-state index in [-0.39, 0.29) is 5.41 Å². The first-order chi connectivity index (χ1) is 20.3. The Morgan fingerprint density at radius 3 is 2.33 bits per heavy atom. The molecule has 2 aliphatic rings. The lowest BCUT2D eigenvalue weighted by molar-refractivity contribution is -0.659. The Kier molecular flexibility index (Phi) is 6.48. The van der Waals surface area contributed by atoms with Gasteiger partial charge in [-0.1, -0.05) is 84.9 Å². The molecular formula is C41H48NO+. The predicted molar refractivity (Wildman–Crippen MR) is 183 cm³/mol. The first-order valence-corrected chi connectivity index (χ1v) is 16.5. The van der Waals surface area contributed by atoms with Crippen LogP contribution in [0.1, 0.15) is 108 Å². The Labute approximate surface area is 258 Å². The third kappa shape index (κ3) is 4.73. The van der Waals surface area contributed by atoms with Gasteiger partial charge in [0, 0.05) is 17.0 Å². The summed E-state index contributed by atoms with van der Waals surface area (Å²) in [7, 11) is 2.20. The van der Waals surface area contributed by atoms with Gasteiger partial charge in [0.1, 0.15) is 18.5 Å². The van der Waals surface area contributed by atoms with Crippen molar-refractivity contribution in [3.05, 3.63) is 77.0 Å². The molecule has 0 saturated heterocycles. The molecule has 1 aliphatic carbocycles. The summed E-state index contributed by atoms with van der Waals surface area (Å²) < 4.78 is 9.48. The maximum absolute atomic E-state index is 7.16. The van der Waals surface area contributed by atoms with Crippen molar-refractivity contribution in [1.29, 1.82) is 0 Å². The van der Waals surface area contributed by atoms with E-state index < -0.39 is 0 Å². The molecule has 4 aromatic carbocycles. The molecule has 0 radical (unpaired) electrons. The molecule has 2 nitrogen and oxygen atoms in total. The molecule has 1 aromatic heterocycles. The molecule has 1 saturated carbocycles. The van der Waals surface area contributed by atoms with Crippen LogP contribution in [0.25, 0.3) is 43.6 Å². The zero-order valence-electron chi connectivity index (χ0n) is 27.7. The summed E-state index contributed by atoms with van der Waals surface area (Å²) in [4.78, 5) is 0. The standard InChI is InChI=1S/C41H48NO/c1-24(2)27-10-13-31-33(21-27)25(3)36-38-37-32(16-19-42(38)9)30-12-11-28(26-14-17-41(7,8)18-15-26)20-29(30)22-35(37)43-39(36)34(31)23-40(4,5)6/h10-13,16,19-22,24,26H,14-15,17-18,23H2,1-9H3/q+1. The average molecular weight is 571 g/mol. The van der Waals surface area contributed by atoms with E-state index in [1.807, 2.05) is 0 Å². The molecule has 0 unspecified atom stereocenters. The van der Waals surface area contributed by atoms with Crippen molar-refractivity contribution in [1.82, 2.24) is 0 Å². The Hall–Kier alpha value is -3.39. The van der Waals surface area contributed by atoms with Crippen LogP contribution in [-0.2, 0) is 13.5 Å². The highest BCUT2D eigenvalue weighted by Gasteiger charge is 2.35. The van der Waals surface area contributed by atoms with Crippen LogP contribution in [0.5, 0.6) is 11.5 Å². The zero-order chi connectivity index (χ0) is 30.4. The van der Waals surface area contributed by atoms with E-state index in [2.05, 4.69) is 122 Å². The van der Waals surface area contributed by atoms with Gasteiger partial charge in [-0.25, -0.2) is 4.57 Å². The number of aromatic nitrogens is 1. The summed E-state index contributed by atoms with van der Waals surface area (Å²) >= 11 is 0. The molecular weight excluding hydrogens is 522 g/mol. The molecule has 7 rings (SSSR count). The number of hydrogen-bond donors (Lipinski definition) is 0. The highest BCUT2D eigenvalue weighted by atomic mass is 16.5. The van der Waals surface area contributed by atoms with Crippen molar-refractivity contribution in [3.8, 4) is 22.8 Å². The van der Waals surface area contributed by atoms with E-state index in [0.717, 1.165) is 17.9 Å². The molecule has 5 aromatic rings. The summed E-state index contributed by atoms with van der Waals surface area (Å²) in [6.45, 7) is 18.8. The van der Waals surface area contributed by atoms with E-state index in [4.69, 9.17) is 4.74 Å². The molecule has 2 heterocycles. The molecule has 222 valence electrons. The molecule has 0 bridgehead atoms. The second-order valence-corrected chi connectivity index (χ2v) is 16.0. The van der Waals surface area contributed by atoms with Gasteiger partial charge in [0.05, 0.1) is 10.9 Å². The van der Waals surface area contributed by atoms with Crippen LogP contribution in [0, 0.1) is 17.8 Å². The fourth-order valence-corrected chi connectivity index (χ4v) is 7.94. The summed E-state index contributed by atoms with van der Waals surface area (Å²) in [5.41, 5.74) is 8.66. The minimum atomic E-state index is 0.122. The highest BCUT2D eigenvalue weighted by Crippen LogP contribution is 2.53. The lowest BCUT2D eigenvalue weighted by Gasteiger charge is -2.34. The third-order valence-corrected chi connectivity index (χ3v) is 10.5. The van der Waals surface area contributed by atoms with E-state index in [9.17, 15) is 0 Å². The fourth-order valence-electron chi connectivity index (χ4n) is 7.94. The largest absolute Gasteiger partial charge is 0.455 e. The average Bonchev–Trinajstić information content (AvgIpc) is 2.95. The normalized spacial score (nSPS) is 16.7. The van der Waals surface area contributed by atoms with Crippen LogP contribution in [-0.4, -0.2) is 0 Å². The van der Waals surface area contributed by atoms with Crippen molar-refractivity contribution < 1.29 is 9.30 Å². The first kappa shape index (κ1) is 28.4. The summed E-state index contributed by atoms with van der Waals surface area (Å²) in [5.74, 6) is 3.19. The van der Waals surface area contributed by atoms with Gasteiger partial charge in [-0.2, -0.15) is 0 Å². The number of benzene rings is 4. The fraction of sp³-hybridized carbons (Fsp3) is 0.439. The van der Waals surface area contributed by atoms with Crippen molar-refractivity contribution in [2.75, 3.05) is 0 Å². The van der Waals surface area contributed by atoms with Gasteiger partial charge in [-0.3, -0.25) is 0 Å². The maximum Gasteiger partial charge on any atom is 0.228 e. The minimum absolute atomic E-state index is 0.122. The van der Waals surface area contributed by atoms with Crippen molar-refractivity contribution >= 4 is 32.3 Å². The highest BCUT2D eigenvalue weighted by molar-refractivity contribution is 6.16. The molecule has 43 heavy (non-hydrogen) atoms. The topological polar surface area (TPSA) is 13.1 Å². The SMILES string of the molecule is Cc1c2c(c(CC(C)(C)C)c3ccc(C(C)C)cc13)Oc1cc3cc(C4CCC(C)(C)CC4)ccc3c3cc[n+](C)c-2c13. The third-order valence-electron chi connectivity index (χ3n) is 10.5. The minimum Gasteiger partial charge on any atom is -0.455 e. The van der Waals surface area contributed by atoms with Gasteiger partial charge >= 0.3 is 0 Å².